The van der Waals surface area contributed by atoms with Crippen LogP contribution in [0.5, 0.6) is 0 Å². The third-order valence-corrected chi connectivity index (χ3v) is 2.01. The molecule has 0 bridgehead atoms. The Balaban J connectivity index is 2.14. The summed E-state index contributed by atoms with van der Waals surface area (Å²) >= 11 is 0. The van der Waals surface area contributed by atoms with Crippen molar-refractivity contribution in [3.05, 3.63) is 36.7 Å². The Morgan fingerprint density at radius 2 is 2.13 bits per heavy atom. The molecule has 1 N–H and O–H groups in total. The SMILES string of the molecule is CCNCc1ccn(-c2cncnc2)n1. The van der Waals surface area contributed by atoms with Gasteiger partial charge in [-0.3, -0.25) is 0 Å². The number of aromatic nitrogens is 4. The van der Waals surface area contributed by atoms with E-state index in [0.717, 1.165) is 24.5 Å². The van der Waals surface area contributed by atoms with Crippen molar-refractivity contribution in [2.24, 2.45) is 0 Å². The molecular formula is C10H13N5. The topological polar surface area (TPSA) is 55.6 Å². The largest absolute Gasteiger partial charge is 0.311 e. The Hall–Kier alpha value is -1.75. The van der Waals surface area contributed by atoms with E-state index in [4.69, 9.17) is 0 Å². The van der Waals surface area contributed by atoms with Crippen LogP contribution < -0.4 is 5.32 Å². The van der Waals surface area contributed by atoms with Gasteiger partial charge in [-0.25, -0.2) is 14.6 Å². The summed E-state index contributed by atoms with van der Waals surface area (Å²) in [6, 6.07) is 1.98. The maximum atomic E-state index is 4.39. The molecule has 0 fully saturated rings. The lowest BCUT2D eigenvalue weighted by Crippen LogP contribution is -2.12. The summed E-state index contributed by atoms with van der Waals surface area (Å²) in [6.07, 6.45) is 6.88. The van der Waals surface area contributed by atoms with Crippen LogP contribution >= 0.6 is 0 Å². The zero-order valence-electron chi connectivity index (χ0n) is 8.59. The molecule has 2 aromatic heterocycles. The van der Waals surface area contributed by atoms with Gasteiger partial charge in [-0.15, -0.1) is 0 Å². The summed E-state index contributed by atoms with van der Waals surface area (Å²) in [5.74, 6) is 0. The van der Waals surface area contributed by atoms with E-state index in [1.54, 1.807) is 17.1 Å². The van der Waals surface area contributed by atoms with E-state index in [1.165, 1.54) is 6.33 Å². The Morgan fingerprint density at radius 3 is 2.87 bits per heavy atom. The molecule has 5 heteroatoms. The van der Waals surface area contributed by atoms with Crippen LogP contribution in [0.15, 0.2) is 31.0 Å². The molecule has 5 nitrogen and oxygen atoms in total. The first-order valence-electron chi connectivity index (χ1n) is 4.91. The molecule has 2 rings (SSSR count). The summed E-state index contributed by atoms with van der Waals surface area (Å²) in [5, 5.41) is 7.61. The highest BCUT2D eigenvalue weighted by atomic mass is 15.3. The van der Waals surface area contributed by atoms with E-state index < -0.39 is 0 Å². The quantitative estimate of drug-likeness (QED) is 0.797. The molecule has 0 aliphatic carbocycles. The third-order valence-electron chi connectivity index (χ3n) is 2.01. The minimum absolute atomic E-state index is 0.789. The van der Waals surface area contributed by atoms with Crippen molar-refractivity contribution >= 4 is 0 Å². The van der Waals surface area contributed by atoms with Gasteiger partial charge in [0.1, 0.15) is 12.0 Å². The van der Waals surface area contributed by atoms with Crippen molar-refractivity contribution in [1.82, 2.24) is 25.1 Å². The molecule has 2 heterocycles. The van der Waals surface area contributed by atoms with Crippen LogP contribution in [0.2, 0.25) is 0 Å². The van der Waals surface area contributed by atoms with Gasteiger partial charge in [-0.1, -0.05) is 6.92 Å². The van der Waals surface area contributed by atoms with E-state index in [9.17, 15) is 0 Å². The molecule has 0 saturated carbocycles. The molecule has 15 heavy (non-hydrogen) atoms. The average Bonchev–Trinajstić information content (AvgIpc) is 2.76. The standard InChI is InChI=1S/C10H13N5/c1-2-11-5-9-3-4-15(14-9)10-6-12-8-13-7-10/h3-4,6-8,11H,2,5H2,1H3. The molecule has 0 spiro atoms. The van der Waals surface area contributed by atoms with Crippen LogP contribution in [-0.2, 0) is 6.54 Å². The molecule has 0 saturated heterocycles. The van der Waals surface area contributed by atoms with E-state index in [0.29, 0.717) is 0 Å². The summed E-state index contributed by atoms with van der Waals surface area (Å²) < 4.78 is 1.77. The van der Waals surface area contributed by atoms with Crippen molar-refractivity contribution in [3.8, 4) is 5.69 Å². The molecule has 0 unspecified atom stereocenters. The van der Waals surface area contributed by atoms with Gasteiger partial charge in [0.2, 0.25) is 0 Å². The molecule has 0 amide bonds. The first-order chi connectivity index (χ1) is 7.40. The van der Waals surface area contributed by atoms with Crippen LogP contribution in [-0.4, -0.2) is 26.3 Å². The lowest BCUT2D eigenvalue weighted by molar-refractivity contribution is 0.696. The number of hydrogen-bond acceptors (Lipinski definition) is 4. The number of nitrogens with zero attached hydrogens (tertiary/aromatic N) is 4. The summed E-state index contributed by atoms with van der Waals surface area (Å²) in [4.78, 5) is 7.89. The highest BCUT2D eigenvalue weighted by molar-refractivity contribution is 5.23. The van der Waals surface area contributed by atoms with Gasteiger partial charge >= 0.3 is 0 Å². The molecule has 0 aromatic carbocycles. The van der Waals surface area contributed by atoms with Gasteiger partial charge < -0.3 is 5.32 Å². The predicted molar refractivity (Wildman–Crippen MR) is 56.5 cm³/mol. The maximum absolute atomic E-state index is 4.39. The monoisotopic (exact) mass is 203 g/mol. The molecule has 2 aromatic rings. The third kappa shape index (κ3) is 2.38. The summed E-state index contributed by atoms with van der Waals surface area (Å²) in [5.41, 5.74) is 1.89. The lowest BCUT2D eigenvalue weighted by Gasteiger charge is -1.99. The molecule has 0 atom stereocenters. The van der Waals surface area contributed by atoms with Crippen molar-refractivity contribution < 1.29 is 0 Å². The first kappa shape index (κ1) is 9.79. The van der Waals surface area contributed by atoms with Crippen LogP contribution in [0.1, 0.15) is 12.6 Å². The normalized spacial score (nSPS) is 10.5. The minimum atomic E-state index is 0.789. The Morgan fingerprint density at radius 1 is 1.33 bits per heavy atom. The zero-order chi connectivity index (χ0) is 10.5. The fourth-order valence-electron chi connectivity index (χ4n) is 1.26. The molecule has 0 aliphatic rings. The van der Waals surface area contributed by atoms with Crippen LogP contribution in [0, 0.1) is 0 Å². The van der Waals surface area contributed by atoms with E-state index in [2.05, 4.69) is 27.3 Å². The van der Waals surface area contributed by atoms with E-state index in [1.807, 2.05) is 12.3 Å². The van der Waals surface area contributed by atoms with Crippen molar-refractivity contribution in [2.45, 2.75) is 13.5 Å². The fourth-order valence-corrected chi connectivity index (χ4v) is 1.26. The Bertz CT molecular complexity index is 409. The maximum Gasteiger partial charge on any atom is 0.115 e. The second-order valence-electron chi connectivity index (χ2n) is 3.13. The van der Waals surface area contributed by atoms with Crippen LogP contribution in [0.4, 0.5) is 0 Å². The lowest BCUT2D eigenvalue weighted by atomic mass is 10.4. The Kier molecular flexibility index (Phi) is 3.04. The average molecular weight is 203 g/mol. The van der Waals surface area contributed by atoms with Gasteiger partial charge in [0.05, 0.1) is 18.1 Å². The summed E-state index contributed by atoms with van der Waals surface area (Å²) in [7, 11) is 0. The van der Waals surface area contributed by atoms with Crippen LogP contribution in [0.3, 0.4) is 0 Å². The van der Waals surface area contributed by atoms with Crippen LogP contribution in [0.25, 0.3) is 5.69 Å². The van der Waals surface area contributed by atoms with E-state index in [-0.39, 0.29) is 0 Å². The van der Waals surface area contributed by atoms with Gasteiger partial charge in [0.25, 0.3) is 0 Å². The van der Waals surface area contributed by atoms with Gasteiger partial charge in [0, 0.05) is 12.7 Å². The molecule has 78 valence electrons. The fraction of sp³-hybridized carbons (Fsp3) is 0.300. The number of nitrogens with one attached hydrogen (secondary N) is 1. The van der Waals surface area contributed by atoms with Gasteiger partial charge in [-0.05, 0) is 12.6 Å². The smallest absolute Gasteiger partial charge is 0.115 e. The van der Waals surface area contributed by atoms with Crippen molar-refractivity contribution in [3.63, 3.8) is 0 Å². The van der Waals surface area contributed by atoms with Gasteiger partial charge in [-0.2, -0.15) is 5.10 Å². The van der Waals surface area contributed by atoms with Crippen molar-refractivity contribution in [2.75, 3.05) is 6.54 Å². The second-order valence-corrected chi connectivity index (χ2v) is 3.13. The first-order valence-corrected chi connectivity index (χ1v) is 4.91. The Labute approximate surface area is 88.2 Å². The number of rotatable bonds is 4. The summed E-state index contributed by atoms with van der Waals surface area (Å²) in [6.45, 7) is 3.81. The molecule has 0 aliphatic heterocycles. The number of hydrogen-bond donors (Lipinski definition) is 1. The minimum Gasteiger partial charge on any atom is -0.311 e. The van der Waals surface area contributed by atoms with Crippen molar-refractivity contribution in [1.29, 1.82) is 0 Å². The highest BCUT2D eigenvalue weighted by Crippen LogP contribution is 2.03. The zero-order valence-corrected chi connectivity index (χ0v) is 8.59. The molecule has 0 radical (unpaired) electrons. The highest BCUT2D eigenvalue weighted by Gasteiger charge is 2.00. The van der Waals surface area contributed by atoms with Gasteiger partial charge in [0.15, 0.2) is 0 Å². The van der Waals surface area contributed by atoms with E-state index >= 15 is 0 Å². The predicted octanol–water partition coefficient (Wildman–Crippen LogP) is 0.772. The molecular weight excluding hydrogens is 190 g/mol. The second kappa shape index (κ2) is 4.65.